The van der Waals surface area contributed by atoms with Gasteiger partial charge in [0, 0.05) is 10.8 Å². The quantitative estimate of drug-likeness (QED) is 0.307. The highest BCUT2D eigenvalue weighted by Crippen LogP contribution is 2.28. The number of aromatic nitrogens is 2. The molecule has 0 spiro atoms. The molecule has 0 saturated carbocycles. The number of hydrogen-bond acceptors (Lipinski definition) is 6. The molecule has 0 saturated heterocycles. The van der Waals surface area contributed by atoms with Crippen molar-refractivity contribution < 1.29 is 19.1 Å². The summed E-state index contributed by atoms with van der Waals surface area (Å²) < 4.78 is 12.3. The maximum atomic E-state index is 12.5. The van der Waals surface area contributed by atoms with E-state index >= 15 is 0 Å². The van der Waals surface area contributed by atoms with Gasteiger partial charge in [-0.1, -0.05) is 72.8 Å². The maximum absolute atomic E-state index is 12.5. The predicted molar refractivity (Wildman–Crippen MR) is 136 cm³/mol. The molecule has 1 aliphatic rings. The first kappa shape index (κ1) is 21.7. The number of hydrogen-bond donors (Lipinski definition) is 0. The Morgan fingerprint density at radius 2 is 0.944 bits per heavy atom. The molecule has 174 valence electrons. The average Bonchev–Trinajstić information content (AvgIpc) is 2.92. The summed E-state index contributed by atoms with van der Waals surface area (Å²) >= 11 is 0. The van der Waals surface area contributed by atoms with Gasteiger partial charge in [0.25, 0.3) is 0 Å². The highest BCUT2D eigenvalue weighted by atomic mass is 16.5. The lowest BCUT2D eigenvalue weighted by Crippen LogP contribution is -2.21. The molecule has 1 aliphatic carbocycles. The SMILES string of the molecule is O=C1C=CC(=O)c2nc(COc3cccc4ccccc34)c(COc3cccc4ccccc34)nc21. The van der Waals surface area contributed by atoms with E-state index in [1.54, 1.807) is 0 Å². The van der Waals surface area contributed by atoms with Crippen LogP contribution in [0.2, 0.25) is 0 Å². The van der Waals surface area contributed by atoms with Crippen LogP contribution in [0, 0.1) is 0 Å². The third kappa shape index (κ3) is 3.99. The topological polar surface area (TPSA) is 78.4 Å². The van der Waals surface area contributed by atoms with Gasteiger partial charge in [-0.05, 0) is 35.1 Å². The van der Waals surface area contributed by atoms with E-state index in [9.17, 15) is 9.59 Å². The van der Waals surface area contributed by atoms with Crippen LogP contribution < -0.4 is 9.47 Å². The van der Waals surface area contributed by atoms with Crippen LogP contribution in [0.15, 0.2) is 97.1 Å². The molecule has 0 atom stereocenters. The summed E-state index contributed by atoms with van der Waals surface area (Å²) in [5.74, 6) is 0.668. The lowest BCUT2D eigenvalue weighted by molar-refractivity contribution is 0.0985. The summed E-state index contributed by atoms with van der Waals surface area (Å²) in [5.41, 5.74) is 0.956. The number of carbonyl (C=O) groups is 2. The van der Waals surface area contributed by atoms with Crippen LogP contribution in [0.4, 0.5) is 0 Å². The highest BCUT2D eigenvalue weighted by molar-refractivity contribution is 6.20. The summed E-state index contributed by atoms with van der Waals surface area (Å²) in [6, 6.07) is 27.5. The fraction of sp³-hybridized carbons (Fsp3) is 0.0667. The largest absolute Gasteiger partial charge is 0.487 e. The lowest BCUT2D eigenvalue weighted by Gasteiger charge is -2.16. The van der Waals surface area contributed by atoms with Crippen LogP contribution in [0.1, 0.15) is 32.4 Å². The summed E-state index contributed by atoms with van der Waals surface area (Å²) in [5, 5.41) is 4.04. The molecule has 0 fully saturated rings. The van der Waals surface area contributed by atoms with E-state index < -0.39 is 0 Å². The van der Waals surface area contributed by atoms with E-state index in [0.717, 1.165) is 21.5 Å². The number of ether oxygens (including phenoxy) is 2. The minimum atomic E-state index is -0.356. The van der Waals surface area contributed by atoms with Gasteiger partial charge < -0.3 is 9.47 Å². The number of nitrogens with zero attached hydrogens (tertiary/aromatic N) is 2. The molecule has 1 heterocycles. The molecule has 0 unspecified atom stereocenters. The summed E-state index contributed by atoms with van der Waals surface area (Å²) in [6.45, 7) is 0.126. The van der Waals surface area contributed by atoms with E-state index in [2.05, 4.69) is 9.97 Å². The fourth-order valence-electron chi connectivity index (χ4n) is 4.32. The van der Waals surface area contributed by atoms with Gasteiger partial charge in [-0.25, -0.2) is 9.97 Å². The standard InChI is InChI=1S/C30H20N2O4/c33-25-15-16-26(34)30-29(25)31-23(17-35-27-13-5-9-19-7-1-3-11-21(19)27)24(32-30)18-36-28-14-6-10-20-8-2-4-12-22(20)28/h1-16H,17-18H2. The number of rotatable bonds is 6. The maximum Gasteiger partial charge on any atom is 0.206 e. The molecule has 6 rings (SSSR count). The van der Waals surface area contributed by atoms with Crippen LogP contribution in [0.25, 0.3) is 21.5 Å². The van der Waals surface area contributed by atoms with Crippen molar-refractivity contribution in [3.63, 3.8) is 0 Å². The van der Waals surface area contributed by atoms with E-state index in [-0.39, 0.29) is 36.2 Å². The summed E-state index contributed by atoms with van der Waals surface area (Å²) in [6.07, 6.45) is 2.45. The lowest BCUT2D eigenvalue weighted by atomic mass is 10.0. The minimum absolute atomic E-state index is 0.0351. The van der Waals surface area contributed by atoms with Crippen LogP contribution >= 0.6 is 0 Å². The van der Waals surface area contributed by atoms with E-state index in [1.807, 2.05) is 84.9 Å². The third-order valence-electron chi connectivity index (χ3n) is 6.13. The zero-order valence-electron chi connectivity index (χ0n) is 19.2. The number of carbonyl (C=O) groups excluding carboxylic acids is 2. The second-order valence-corrected chi connectivity index (χ2v) is 8.41. The summed E-state index contributed by atoms with van der Waals surface area (Å²) in [4.78, 5) is 34.0. The van der Waals surface area contributed by atoms with Crippen molar-refractivity contribution in [2.24, 2.45) is 0 Å². The molecular weight excluding hydrogens is 452 g/mol. The number of ketones is 2. The van der Waals surface area contributed by atoms with E-state index in [4.69, 9.17) is 9.47 Å². The first-order valence-corrected chi connectivity index (χ1v) is 11.5. The van der Waals surface area contributed by atoms with Crippen molar-refractivity contribution in [1.82, 2.24) is 9.97 Å². The number of fused-ring (bicyclic) bond motifs is 3. The van der Waals surface area contributed by atoms with Crippen LogP contribution in [-0.4, -0.2) is 21.5 Å². The van der Waals surface area contributed by atoms with Crippen molar-refractivity contribution in [2.45, 2.75) is 13.2 Å². The Morgan fingerprint density at radius 1 is 0.528 bits per heavy atom. The van der Waals surface area contributed by atoms with Gasteiger partial charge in [0.2, 0.25) is 11.6 Å². The molecule has 6 nitrogen and oxygen atoms in total. The zero-order chi connectivity index (χ0) is 24.5. The third-order valence-corrected chi connectivity index (χ3v) is 6.13. The molecule has 0 N–H and O–H groups in total. The van der Waals surface area contributed by atoms with E-state index in [1.165, 1.54) is 12.2 Å². The normalized spacial score (nSPS) is 12.7. The Kier molecular flexibility index (Phi) is 5.46. The van der Waals surface area contributed by atoms with Gasteiger partial charge in [-0.15, -0.1) is 0 Å². The van der Waals surface area contributed by atoms with Crippen molar-refractivity contribution in [2.75, 3.05) is 0 Å². The average molecular weight is 473 g/mol. The molecule has 6 heteroatoms. The van der Waals surface area contributed by atoms with Gasteiger partial charge in [-0.3, -0.25) is 9.59 Å². The van der Waals surface area contributed by atoms with Crippen LogP contribution in [-0.2, 0) is 13.2 Å². The van der Waals surface area contributed by atoms with Gasteiger partial charge in [0.05, 0.1) is 0 Å². The second kappa shape index (κ2) is 9.07. The monoisotopic (exact) mass is 472 g/mol. The van der Waals surface area contributed by atoms with Gasteiger partial charge in [0.15, 0.2) is 0 Å². The molecule has 0 amide bonds. The second-order valence-electron chi connectivity index (χ2n) is 8.41. The first-order valence-electron chi connectivity index (χ1n) is 11.5. The number of allylic oxidation sites excluding steroid dienone is 2. The Balaban J connectivity index is 1.36. The van der Waals surface area contributed by atoms with E-state index in [0.29, 0.717) is 22.9 Å². The van der Waals surface area contributed by atoms with Crippen molar-refractivity contribution >= 4 is 33.1 Å². The first-order chi connectivity index (χ1) is 17.7. The van der Waals surface area contributed by atoms with Gasteiger partial charge in [-0.2, -0.15) is 0 Å². The van der Waals surface area contributed by atoms with Gasteiger partial charge in [0.1, 0.15) is 47.5 Å². The molecule has 1 aromatic heterocycles. The van der Waals surface area contributed by atoms with Crippen molar-refractivity contribution in [1.29, 1.82) is 0 Å². The highest BCUT2D eigenvalue weighted by Gasteiger charge is 2.25. The predicted octanol–water partition coefficient (Wildman–Crippen LogP) is 5.88. The van der Waals surface area contributed by atoms with Crippen molar-refractivity contribution in [3.05, 3.63) is 120 Å². The molecule has 36 heavy (non-hydrogen) atoms. The molecule has 0 bridgehead atoms. The smallest absolute Gasteiger partial charge is 0.206 e. The Hall–Kier alpha value is -4.84. The fourth-order valence-corrected chi connectivity index (χ4v) is 4.32. The Bertz CT molecular complexity index is 1560. The molecular formula is C30H20N2O4. The van der Waals surface area contributed by atoms with Crippen LogP contribution in [0.5, 0.6) is 11.5 Å². The zero-order valence-corrected chi connectivity index (χ0v) is 19.2. The molecule has 4 aromatic carbocycles. The Labute approximate surface area is 206 Å². The summed E-state index contributed by atoms with van der Waals surface area (Å²) in [7, 11) is 0. The van der Waals surface area contributed by atoms with Gasteiger partial charge >= 0.3 is 0 Å². The number of benzene rings is 4. The van der Waals surface area contributed by atoms with Crippen molar-refractivity contribution in [3.8, 4) is 11.5 Å². The van der Waals surface area contributed by atoms with Crippen LogP contribution in [0.3, 0.4) is 0 Å². The molecule has 5 aromatic rings. The molecule has 0 radical (unpaired) electrons. The molecule has 0 aliphatic heterocycles. The Morgan fingerprint density at radius 3 is 1.42 bits per heavy atom. The minimum Gasteiger partial charge on any atom is -0.487 e.